The van der Waals surface area contributed by atoms with Crippen molar-refractivity contribution in [1.29, 1.82) is 0 Å². The number of aliphatic hydroxyl groups is 11. The quantitative estimate of drug-likeness (QED) is 0.0314. The Hall–Kier alpha value is -1.73. The lowest BCUT2D eigenvalue weighted by molar-refractivity contribution is -0.379. The van der Waals surface area contributed by atoms with Gasteiger partial charge >= 0.3 is 0 Å². The van der Waals surface area contributed by atoms with Crippen molar-refractivity contribution < 1.29 is 89.4 Å². The first-order chi connectivity index (χ1) is 33.8. The molecule has 410 valence electrons. The van der Waals surface area contributed by atoms with Crippen molar-refractivity contribution in [3.05, 3.63) is 24.3 Å². The van der Waals surface area contributed by atoms with E-state index in [1.807, 2.05) is 0 Å². The maximum atomic E-state index is 12.4. The number of carbonyl (C=O) groups is 1. The molecule has 3 aliphatic heterocycles. The van der Waals surface area contributed by atoms with Crippen LogP contribution in [0.3, 0.4) is 0 Å². The summed E-state index contributed by atoms with van der Waals surface area (Å²) in [4.78, 5) is 12.4. The van der Waals surface area contributed by atoms with Crippen molar-refractivity contribution >= 4 is 5.91 Å². The van der Waals surface area contributed by atoms with Crippen LogP contribution in [0.2, 0.25) is 0 Å². The summed E-state index contributed by atoms with van der Waals surface area (Å²) in [6, 6.07) is -0.982. The summed E-state index contributed by atoms with van der Waals surface area (Å²) >= 11 is 0. The second-order valence-corrected chi connectivity index (χ2v) is 19.3. The summed E-state index contributed by atoms with van der Waals surface area (Å²) in [5.74, 6) is -0.374. The van der Waals surface area contributed by atoms with E-state index in [0.29, 0.717) is 6.42 Å². The molecule has 12 N–H and O–H groups in total. The van der Waals surface area contributed by atoms with Gasteiger partial charge in [0.05, 0.1) is 38.6 Å². The number of aliphatic hydroxyl groups excluding tert-OH is 11. The van der Waals surface area contributed by atoms with Crippen LogP contribution in [0.15, 0.2) is 24.3 Å². The molecule has 0 radical (unpaired) electrons. The van der Waals surface area contributed by atoms with Gasteiger partial charge < -0.3 is 89.9 Å². The highest BCUT2D eigenvalue weighted by molar-refractivity contribution is 5.75. The van der Waals surface area contributed by atoms with Crippen LogP contribution in [0.5, 0.6) is 0 Å². The van der Waals surface area contributed by atoms with E-state index in [0.717, 1.165) is 19.3 Å². The predicted octanol–water partition coefficient (Wildman–Crippen LogP) is 2.42. The number of unbranched alkanes of at least 4 members (excludes halogenated alkanes) is 20. The monoisotopic (exact) mass is 1010 g/mol. The van der Waals surface area contributed by atoms with Gasteiger partial charge in [0.25, 0.3) is 0 Å². The number of hydrogen-bond donors (Lipinski definition) is 12. The van der Waals surface area contributed by atoms with Crippen molar-refractivity contribution in [3.63, 3.8) is 0 Å². The first-order valence-corrected chi connectivity index (χ1v) is 26.6. The van der Waals surface area contributed by atoms with E-state index in [2.05, 4.69) is 24.4 Å². The van der Waals surface area contributed by atoms with Crippen LogP contribution in [0.4, 0.5) is 0 Å². The lowest BCUT2D eigenvalue weighted by Gasteiger charge is -2.48. The summed E-state index contributed by atoms with van der Waals surface area (Å²) in [5, 5.41) is 118. The molecule has 0 aromatic rings. The Labute approximate surface area is 416 Å². The summed E-state index contributed by atoms with van der Waals surface area (Å²) in [6.45, 7) is 1.11. The van der Waals surface area contributed by atoms with Gasteiger partial charge in [-0.05, 0) is 25.7 Å². The van der Waals surface area contributed by atoms with Gasteiger partial charge in [-0.25, -0.2) is 0 Å². The molecule has 0 saturated carbocycles. The molecule has 0 aromatic carbocycles. The number of ether oxygens (including phenoxy) is 6. The molecule has 0 aliphatic carbocycles. The van der Waals surface area contributed by atoms with E-state index in [9.17, 15) is 61.0 Å². The molecule has 1 amide bonds. The topological polar surface area (TPSA) is 307 Å². The lowest BCUT2D eigenvalue weighted by Crippen LogP contribution is -2.66. The lowest BCUT2D eigenvalue weighted by atomic mass is 9.96. The van der Waals surface area contributed by atoms with Gasteiger partial charge in [0, 0.05) is 6.42 Å². The molecule has 70 heavy (non-hydrogen) atoms. The molecule has 3 rings (SSSR count). The van der Waals surface area contributed by atoms with Crippen molar-refractivity contribution in [2.45, 2.75) is 266 Å². The van der Waals surface area contributed by atoms with Crippen molar-refractivity contribution in [2.75, 3.05) is 26.4 Å². The Balaban J connectivity index is 1.35. The predicted molar refractivity (Wildman–Crippen MR) is 259 cm³/mol. The van der Waals surface area contributed by atoms with E-state index >= 15 is 0 Å². The average Bonchev–Trinajstić information content (AvgIpc) is 3.36. The van der Waals surface area contributed by atoms with E-state index in [1.165, 1.54) is 116 Å². The number of rotatable bonds is 37. The van der Waals surface area contributed by atoms with Crippen molar-refractivity contribution in [2.24, 2.45) is 0 Å². The summed E-state index contributed by atoms with van der Waals surface area (Å²) in [5.41, 5.74) is 0. The summed E-state index contributed by atoms with van der Waals surface area (Å²) in [6.07, 6.45) is 9.14. The first kappa shape index (κ1) is 62.6. The number of allylic oxidation sites excluding steroid dienone is 3. The van der Waals surface area contributed by atoms with Crippen molar-refractivity contribution in [3.8, 4) is 0 Å². The number of hydrogen-bond acceptors (Lipinski definition) is 18. The van der Waals surface area contributed by atoms with E-state index < -0.39 is 124 Å². The van der Waals surface area contributed by atoms with E-state index in [4.69, 9.17) is 28.4 Å². The number of amides is 1. The van der Waals surface area contributed by atoms with Crippen LogP contribution >= 0.6 is 0 Å². The summed E-state index contributed by atoms with van der Waals surface area (Å²) in [7, 11) is 0. The van der Waals surface area contributed by atoms with Gasteiger partial charge in [-0.15, -0.1) is 0 Å². The molecule has 0 bridgehead atoms. The van der Waals surface area contributed by atoms with Gasteiger partial charge in [-0.2, -0.15) is 0 Å². The largest absolute Gasteiger partial charge is 0.394 e. The second kappa shape index (κ2) is 36.3. The smallest absolute Gasteiger partial charge is 0.220 e. The first-order valence-electron chi connectivity index (χ1n) is 26.6. The zero-order valence-electron chi connectivity index (χ0n) is 42.0. The molecule has 3 aliphatic rings. The third-order valence-corrected chi connectivity index (χ3v) is 13.6. The molecule has 3 heterocycles. The molecule has 17 unspecified atom stereocenters. The Bertz CT molecular complexity index is 1390. The molecule has 3 fully saturated rings. The summed E-state index contributed by atoms with van der Waals surface area (Å²) < 4.78 is 33.7. The van der Waals surface area contributed by atoms with Gasteiger partial charge in [0.2, 0.25) is 5.91 Å². The molecule has 17 atom stereocenters. The molecule has 3 saturated heterocycles. The molecule has 0 spiro atoms. The Morgan fingerprint density at radius 2 is 0.900 bits per heavy atom. The second-order valence-electron chi connectivity index (χ2n) is 19.3. The van der Waals surface area contributed by atoms with Crippen LogP contribution in [0.25, 0.3) is 0 Å². The standard InChI is InChI=1S/C51H93NO18/c1-3-5-6-7-8-9-10-11-12-13-14-15-16-17-18-19-20-21-22-23-24-25-26-27-28-29-35(56)34(52-39(57)4-2)33-65-49-45(63)42(60)47(37(31-54)67-49)70-51-46(64)43(61)48(38(32-55)68-51)69-50-44(62)41(59)40(58)36(30-53)66-50/h24-25,28-29,34-38,40-51,53-56,58-64H,3-23,26-27,30-33H2,1-2H3,(H,52,57)/b25-24+,29-28+. The third-order valence-electron chi connectivity index (χ3n) is 13.6. The normalized spacial score (nSPS) is 32.7. The molecule has 19 heteroatoms. The SMILES string of the molecule is CCCCCCCCCCCCCCCCCCCCC/C=C/CC/C=C/C(O)C(COC1OC(CO)C(OC2OC(CO)C(OC3OC(CO)C(O)C(O)C3O)C(O)C2O)C(O)C1O)NC(=O)CC. The Morgan fingerprint density at radius 1 is 0.500 bits per heavy atom. The van der Waals surface area contributed by atoms with Gasteiger partial charge in [-0.1, -0.05) is 154 Å². The highest BCUT2D eigenvalue weighted by Gasteiger charge is 2.53. The van der Waals surface area contributed by atoms with E-state index in [-0.39, 0.29) is 18.9 Å². The highest BCUT2D eigenvalue weighted by atomic mass is 16.8. The highest BCUT2D eigenvalue weighted by Crippen LogP contribution is 2.33. The van der Waals surface area contributed by atoms with Gasteiger partial charge in [0.1, 0.15) is 73.2 Å². The Morgan fingerprint density at radius 3 is 1.37 bits per heavy atom. The van der Waals surface area contributed by atoms with Crippen LogP contribution in [0, 0.1) is 0 Å². The minimum absolute atomic E-state index is 0.117. The fourth-order valence-corrected chi connectivity index (χ4v) is 9.05. The average molecular weight is 1010 g/mol. The number of nitrogens with one attached hydrogen (secondary N) is 1. The fourth-order valence-electron chi connectivity index (χ4n) is 9.05. The van der Waals surface area contributed by atoms with Gasteiger partial charge in [0.15, 0.2) is 18.9 Å². The Kier molecular flexibility index (Phi) is 32.4. The molecule has 0 aromatic heterocycles. The van der Waals surface area contributed by atoms with Crippen LogP contribution in [0.1, 0.15) is 162 Å². The third kappa shape index (κ3) is 21.6. The minimum Gasteiger partial charge on any atom is -0.394 e. The minimum atomic E-state index is -1.97. The maximum absolute atomic E-state index is 12.4. The molecular weight excluding hydrogens is 915 g/mol. The zero-order chi connectivity index (χ0) is 51.3. The maximum Gasteiger partial charge on any atom is 0.220 e. The van der Waals surface area contributed by atoms with Gasteiger partial charge in [-0.3, -0.25) is 4.79 Å². The van der Waals surface area contributed by atoms with Crippen LogP contribution in [-0.4, -0.2) is 193 Å². The fraction of sp³-hybridized carbons (Fsp3) is 0.902. The molecular formula is C51H93NO18. The van der Waals surface area contributed by atoms with Crippen molar-refractivity contribution in [1.82, 2.24) is 5.32 Å². The number of carbonyl (C=O) groups excluding carboxylic acids is 1. The van der Waals surface area contributed by atoms with E-state index in [1.54, 1.807) is 19.1 Å². The zero-order valence-corrected chi connectivity index (χ0v) is 42.0. The van der Waals surface area contributed by atoms with Crippen LogP contribution < -0.4 is 5.32 Å². The van der Waals surface area contributed by atoms with Crippen LogP contribution in [-0.2, 0) is 33.2 Å². The molecule has 19 nitrogen and oxygen atoms in total.